The maximum absolute atomic E-state index is 8.59. The van der Waals surface area contributed by atoms with E-state index in [0.29, 0.717) is 6.54 Å². The Morgan fingerprint density at radius 1 is 1.73 bits per heavy atom. The summed E-state index contributed by atoms with van der Waals surface area (Å²) in [5.41, 5.74) is 0. The zero-order valence-electron chi connectivity index (χ0n) is 6.88. The zero-order valence-corrected chi connectivity index (χ0v) is 6.88. The van der Waals surface area contributed by atoms with Crippen molar-refractivity contribution in [2.24, 2.45) is 5.16 Å². The molecule has 11 heavy (non-hydrogen) atoms. The fraction of sp³-hybridized carbons (Fsp3) is 0.857. The van der Waals surface area contributed by atoms with Crippen molar-refractivity contribution in [1.82, 2.24) is 10.2 Å². The molecule has 0 unspecified atom stereocenters. The molecule has 1 fully saturated rings. The van der Waals surface area contributed by atoms with Crippen molar-refractivity contribution in [3.8, 4) is 0 Å². The average Bonchev–Trinajstić information content (AvgIpc) is 2.06. The summed E-state index contributed by atoms with van der Waals surface area (Å²) in [6, 6.07) is 0. The minimum absolute atomic E-state index is 0.691. The molecule has 1 aliphatic rings. The molecular weight excluding hydrogens is 142 g/mol. The van der Waals surface area contributed by atoms with Gasteiger partial charge in [-0.15, -0.1) is 0 Å². The quantitative estimate of drug-likeness (QED) is 0.441. The molecule has 2 N–H and O–H groups in total. The summed E-state index contributed by atoms with van der Waals surface area (Å²) in [7, 11) is 0. The summed E-state index contributed by atoms with van der Waals surface area (Å²) < 4.78 is 0. The topological polar surface area (TPSA) is 47.9 Å². The summed E-state index contributed by atoms with van der Waals surface area (Å²) in [5.74, 6) is 0.762. The van der Waals surface area contributed by atoms with Gasteiger partial charge in [-0.05, 0) is 6.42 Å². The van der Waals surface area contributed by atoms with E-state index < -0.39 is 0 Å². The molecule has 1 rings (SSSR count). The molecule has 0 aromatic rings. The maximum Gasteiger partial charge on any atom is 0.158 e. The van der Waals surface area contributed by atoms with Crippen molar-refractivity contribution in [2.45, 2.75) is 13.3 Å². The SMILES string of the molecule is CCCN1CCNC/C1=N\O. The van der Waals surface area contributed by atoms with Gasteiger partial charge < -0.3 is 15.4 Å². The first-order valence-corrected chi connectivity index (χ1v) is 4.05. The zero-order chi connectivity index (χ0) is 8.10. The molecule has 0 atom stereocenters. The third kappa shape index (κ3) is 2.08. The van der Waals surface area contributed by atoms with Gasteiger partial charge in [-0.1, -0.05) is 12.1 Å². The number of hydrogen-bond donors (Lipinski definition) is 2. The molecule has 0 radical (unpaired) electrons. The van der Waals surface area contributed by atoms with Gasteiger partial charge in [0.1, 0.15) is 0 Å². The summed E-state index contributed by atoms with van der Waals surface area (Å²) in [6.07, 6.45) is 1.10. The predicted octanol–water partition coefficient (Wildman–Crippen LogP) is 0.0893. The number of amidine groups is 1. The number of oxime groups is 1. The average molecular weight is 157 g/mol. The van der Waals surface area contributed by atoms with Gasteiger partial charge in [0.25, 0.3) is 0 Å². The fourth-order valence-electron chi connectivity index (χ4n) is 1.26. The van der Waals surface area contributed by atoms with Crippen LogP contribution in [0.25, 0.3) is 0 Å². The molecule has 0 saturated carbocycles. The standard InChI is InChI=1S/C7H15N3O/c1-2-4-10-5-3-8-6-7(10)9-11/h8,11H,2-6H2,1H3/b9-7+. The van der Waals surface area contributed by atoms with E-state index in [1.54, 1.807) is 0 Å². The van der Waals surface area contributed by atoms with Gasteiger partial charge in [0.15, 0.2) is 5.84 Å². The molecule has 1 saturated heterocycles. The van der Waals surface area contributed by atoms with Crippen LogP contribution in [0.1, 0.15) is 13.3 Å². The Bertz CT molecular complexity index is 145. The first kappa shape index (κ1) is 8.33. The molecule has 4 nitrogen and oxygen atoms in total. The summed E-state index contributed by atoms with van der Waals surface area (Å²) in [5, 5.41) is 15.0. The Morgan fingerprint density at radius 2 is 2.55 bits per heavy atom. The van der Waals surface area contributed by atoms with Gasteiger partial charge in [-0.3, -0.25) is 0 Å². The maximum atomic E-state index is 8.59. The molecule has 1 heterocycles. The molecular formula is C7H15N3O. The van der Waals surface area contributed by atoms with Gasteiger partial charge in [-0.25, -0.2) is 0 Å². The van der Waals surface area contributed by atoms with Crippen molar-refractivity contribution >= 4 is 5.84 Å². The largest absolute Gasteiger partial charge is 0.409 e. The highest BCUT2D eigenvalue weighted by atomic mass is 16.4. The van der Waals surface area contributed by atoms with Crippen LogP contribution in [0, 0.1) is 0 Å². The van der Waals surface area contributed by atoms with Crippen molar-refractivity contribution in [1.29, 1.82) is 0 Å². The van der Waals surface area contributed by atoms with Crippen molar-refractivity contribution < 1.29 is 5.21 Å². The lowest BCUT2D eigenvalue weighted by Crippen LogP contribution is -2.48. The van der Waals surface area contributed by atoms with Crippen LogP contribution in [0.2, 0.25) is 0 Å². The van der Waals surface area contributed by atoms with Crippen LogP contribution < -0.4 is 5.32 Å². The van der Waals surface area contributed by atoms with Gasteiger partial charge in [0.05, 0.1) is 6.54 Å². The van der Waals surface area contributed by atoms with Crippen molar-refractivity contribution in [3.05, 3.63) is 0 Å². The highest BCUT2D eigenvalue weighted by Gasteiger charge is 2.14. The first-order valence-electron chi connectivity index (χ1n) is 4.05. The number of nitrogens with zero attached hydrogens (tertiary/aromatic N) is 2. The van der Waals surface area contributed by atoms with Crippen LogP contribution in [0.5, 0.6) is 0 Å². The van der Waals surface area contributed by atoms with Gasteiger partial charge in [0.2, 0.25) is 0 Å². The van der Waals surface area contributed by atoms with E-state index in [1.807, 2.05) is 0 Å². The molecule has 0 spiro atoms. The van der Waals surface area contributed by atoms with Crippen molar-refractivity contribution in [3.63, 3.8) is 0 Å². The van der Waals surface area contributed by atoms with E-state index in [1.165, 1.54) is 0 Å². The molecule has 4 heteroatoms. The second kappa shape index (κ2) is 4.18. The molecule has 0 aromatic carbocycles. The van der Waals surface area contributed by atoms with E-state index in [-0.39, 0.29) is 0 Å². The van der Waals surface area contributed by atoms with Crippen LogP contribution in [-0.2, 0) is 0 Å². The molecule has 1 aliphatic heterocycles. The molecule has 0 aliphatic carbocycles. The number of nitrogens with one attached hydrogen (secondary N) is 1. The smallest absolute Gasteiger partial charge is 0.158 e. The second-order valence-corrected chi connectivity index (χ2v) is 2.68. The Labute approximate surface area is 66.9 Å². The Kier molecular flexibility index (Phi) is 3.16. The van der Waals surface area contributed by atoms with Crippen LogP contribution in [0.15, 0.2) is 5.16 Å². The Morgan fingerprint density at radius 3 is 3.18 bits per heavy atom. The van der Waals surface area contributed by atoms with Crippen LogP contribution >= 0.6 is 0 Å². The van der Waals surface area contributed by atoms with Gasteiger partial charge in [0, 0.05) is 19.6 Å². The summed E-state index contributed by atoms with van der Waals surface area (Å²) >= 11 is 0. The molecule has 0 aromatic heterocycles. The van der Waals surface area contributed by atoms with Crippen LogP contribution in [0.4, 0.5) is 0 Å². The van der Waals surface area contributed by atoms with Crippen molar-refractivity contribution in [2.75, 3.05) is 26.2 Å². The van der Waals surface area contributed by atoms with E-state index in [4.69, 9.17) is 5.21 Å². The number of piperazine rings is 1. The number of hydrogen-bond acceptors (Lipinski definition) is 3. The molecule has 0 bridgehead atoms. The van der Waals surface area contributed by atoms with E-state index in [2.05, 4.69) is 22.3 Å². The van der Waals surface area contributed by atoms with Gasteiger partial charge >= 0.3 is 0 Å². The Hall–Kier alpha value is -0.770. The third-order valence-corrected chi connectivity index (χ3v) is 1.82. The van der Waals surface area contributed by atoms with Crippen LogP contribution in [-0.4, -0.2) is 42.1 Å². The molecule has 64 valence electrons. The lowest BCUT2D eigenvalue weighted by molar-refractivity contribution is 0.288. The van der Waals surface area contributed by atoms with E-state index in [9.17, 15) is 0 Å². The third-order valence-electron chi connectivity index (χ3n) is 1.82. The predicted molar refractivity (Wildman–Crippen MR) is 44.0 cm³/mol. The minimum atomic E-state index is 0.691. The highest BCUT2D eigenvalue weighted by molar-refractivity contribution is 5.84. The van der Waals surface area contributed by atoms with E-state index >= 15 is 0 Å². The lowest BCUT2D eigenvalue weighted by Gasteiger charge is -2.29. The normalized spacial score (nSPS) is 22.6. The monoisotopic (exact) mass is 157 g/mol. The summed E-state index contributed by atoms with van der Waals surface area (Å²) in [4.78, 5) is 2.11. The lowest BCUT2D eigenvalue weighted by atomic mass is 10.3. The van der Waals surface area contributed by atoms with Gasteiger partial charge in [-0.2, -0.15) is 0 Å². The second-order valence-electron chi connectivity index (χ2n) is 2.68. The van der Waals surface area contributed by atoms with Crippen LogP contribution in [0.3, 0.4) is 0 Å². The fourth-order valence-corrected chi connectivity index (χ4v) is 1.26. The molecule has 0 amide bonds. The summed E-state index contributed by atoms with van der Waals surface area (Å²) in [6.45, 7) is 5.74. The first-order chi connectivity index (χ1) is 5.38. The minimum Gasteiger partial charge on any atom is -0.409 e. The Balaban J connectivity index is 2.45. The number of rotatable bonds is 2. The van der Waals surface area contributed by atoms with E-state index in [0.717, 1.165) is 31.9 Å². The highest BCUT2D eigenvalue weighted by Crippen LogP contribution is 1.97.